The summed E-state index contributed by atoms with van der Waals surface area (Å²) in [6.45, 7) is 1.41. The van der Waals surface area contributed by atoms with Crippen molar-refractivity contribution in [1.29, 1.82) is 0 Å². The van der Waals surface area contributed by atoms with E-state index >= 15 is 0 Å². The minimum atomic E-state index is -3.72. The van der Waals surface area contributed by atoms with Crippen LogP contribution in [-0.4, -0.2) is 29.0 Å². The molecular formula is C9H8N4O3S2. The first-order valence-electron chi connectivity index (χ1n) is 4.78. The summed E-state index contributed by atoms with van der Waals surface area (Å²) in [4.78, 5) is 11.1. The fraction of sp³-hybridized carbons (Fsp3) is 0.111. The van der Waals surface area contributed by atoms with E-state index in [4.69, 9.17) is 0 Å². The molecule has 94 valence electrons. The molecule has 0 fully saturated rings. The van der Waals surface area contributed by atoms with Crippen LogP contribution in [0.5, 0.6) is 0 Å². The Bertz CT molecular complexity index is 650. The van der Waals surface area contributed by atoms with Crippen LogP contribution in [0.4, 0.5) is 5.13 Å². The van der Waals surface area contributed by atoms with Gasteiger partial charge in [-0.3, -0.25) is 9.52 Å². The first kappa shape index (κ1) is 12.6. The van der Waals surface area contributed by atoms with Crippen LogP contribution in [0, 0.1) is 0 Å². The van der Waals surface area contributed by atoms with Crippen molar-refractivity contribution < 1.29 is 13.2 Å². The zero-order valence-electron chi connectivity index (χ0n) is 9.19. The van der Waals surface area contributed by atoms with Crippen molar-refractivity contribution in [2.75, 3.05) is 4.72 Å². The van der Waals surface area contributed by atoms with E-state index in [1.54, 1.807) is 0 Å². The maximum Gasteiger partial charge on any atom is 0.263 e. The van der Waals surface area contributed by atoms with Crippen LogP contribution in [0.2, 0.25) is 0 Å². The number of carbonyl (C=O) groups excluding carboxylic acids is 1. The third kappa shape index (κ3) is 2.68. The number of hydrogen-bond donors (Lipinski definition) is 1. The van der Waals surface area contributed by atoms with Crippen molar-refractivity contribution in [1.82, 2.24) is 14.8 Å². The Morgan fingerprint density at radius 2 is 1.94 bits per heavy atom. The molecule has 0 saturated heterocycles. The van der Waals surface area contributed by atoms with Gasteiger partial charge in [0.05, 0.1) is 4.90 Å². The molecule has 0 aliphatic rings. The lowest BCUT2D eigenvalue weighted by molar-refractivity contribution is 0.101. The maximum atomic E-state index is 11.9. The summed E-state index contributed by atoms with van der Waals surface area (Å²) in [5.74, 6) is -0.125. The van der Waals surface area contributed by atoms with Crippen LogP contribution in [0.15, 0.2) is 29.2 Å². The van der Waals surface area contributed by atoms with Gasteiger partial charge in [-0.05, 0) is 24.3 Å². The zero-order chi connectivity index (χ0) is 13.2. The highest BCUT2D eigenvalue weighted by atomic mass is 32.2. The molecule has 0 amide bonds. The van der Waals surface area contributed by atoms with E-state index in [0.717, 1.165) is 11.5 Å². The number of hydrogen-bond acceptors (Lipinski definition) is 7. The third-order valence-corrected chi connectivity index (χ3v) is 4.09. The number of anilines is 1. The summed E-state index contributed by atoms with van der Waals surface area (Å²) in [6.07, 6.45) is 0. The molecule has 18 heavy (non-hydrogen) atoms. The summed E-state index contributed by atoms with van der Waals surface area (Å²) in [5, 5.41) is 6.86. The summed E-state index contributed by atoms with van der Waals surface area (Å²) in [5.41, 5.74) is 0.450. The molecular weight excluding hydrogens is 276 g/mol. The number of carbonyl (C=O) groups is 1. The molecule has 9 heteroatoms. The van der Waals surface area contributed by atoms with E-state index in [1.165, 1.54) is 31.2 Å². The van der Waals surface area contributed by atoms with Gasteiger partial charge < -0.3 is 0 Å². The van der Waals surface area contributed by atoms with E-state index in [0.29, 0.717) is 5.56 Å². The smallest absolute Gasteiger partial charge is 0.263 e. The second-order valence-electron chi connectivity index (χ2n) is 3.35. The molecule has 1 N–H and O–H groups in total. The van der Waals surface area contributed by atoms with Gasteiger partial charge in [0.1, 0.15) is 0 Å². The molecule has 0 spiro atoms. The number of rotatable bonds is 4. The predicted molar refractivity (Wildman–Crippen MR) is 65.0 cm³/mol. The van der Waals surface area contributed by atoms with Gasteiger partial charge in [-0.2, -0.15) is 0 Å². The predicted octanol–water partition coefficient (Wildman–Crippen LogP) is 0.937. The molecule has 1 aromatic carbocycles. The fourth-order valence-electron chi connectivity index (χ4n) is 1.22. The fourth-order valence-corrected chi connectivity index (χ4v) is 2.80. The molecule has 0 saturated carbocycles. The second-order valence-corrected chi connectivity index (χ2v) is 5.77. The van der Waals surface area contributed by atoms with Gasteiger partial charge in [0.15, 0.2) is 5.78 Å². The molecule has 0 radical (unpaired) electrons. The largest absolute Gasteiger partial charge is 0.295 e. The molecule has 1 heterocycles. The highest BCUT2D eigenvalue weighted by Gasteiger charge is 2.16. The van der Waals surface area contributed by atoms with Crippen LogP contribution in [-0.2, 0) is 10.0 Å². The molecule has 0 bridgehead atoms. The molecule has 1 aromatic heterocycles. The lowest BCUT2D eigenvalue weighted by Crippen LogP contribution is -2.13. The van der Waals surface area contributed by atoms with E-state index in [-0.39, 0.29) is 15.8 Å². The van der Waals surface area contributed by atoms with Crippen LogP contribution in [0.3, 0.4) is 0 Å². The molecule has 7 nitrogen and oxygen atoms in total. The maximum absolute atomic E-state index is 11.9. The Morgan fingerprint density at radius 1 is 1.28 bits per heavy atom. The van der Waals surface area contributed by atoms with Crippen molar-refractivity contribution in [3.63, 3.8) is 0 Å². The Kier molecular flexibility index (Phi) is 3.34. The second kappa shape index (κ2) is 4.78. The Balaban J connectivity index is 2.27. The number of Topliss-reactive ketones (excluding diaryl/α,β-unsaturated/α-hetero) is 1. The molecule has 0 aliphatic carbocycles. The van der Waals surface area contributed by atoms with Crippen molar-refractivity contribution in [2.24, 2.45) is 0 Å². The number of nitrogens with zero attached hydrogens (tertiary/aromatic N) is 3. The SMILES string of the molecule is CC(=O)c1ccc(S(=O)(=O)Nc2nnns2)cc1. The van der Waals surface area contributed by atoms with Crippen LogP contribution < -0.4 is 4.72 Å². The normalized spacial score (nSPS) is 11.2. The quantitative estimate of drug-likeness (QED) is 0.838. The van der Waals surface area contributed by atoms with Gasteiger partial charge >= 0.3 is 0 Å². The number of ketones is 1. The highest BCUT2D eigenvalue weighted by molar-refractivity contribution is 7.93. The van der Waals surface area contributed by atoms with E-state index in [2.05, 4.69) is 19.5 Å². The van der Waals surface area contributed by atoms with Gasteiger partial charge in [0.25, 0.3) is 10.0 Å². The van der Waals surface area contributed by atoms with Crippen molar-refractivity contribution >= 4 is 32.5 Å². The molecule has 2 aromatic rings. The molecule has 0 atom stereocenters. The number of nitrogens with one attached hydrogen (secondary N) is 1. The van der Waals surface area contributed by atoms with Crippen molar-refractivity contribution in [2.45, 2.75) is 11.8 Å². The monoisotopic (exact) mass is 284 g/mol. The van der Waals surface area contributed by atoms with E-state index in [1.807, 2.05) is 0 Å². The van der Waals surface area contributed by atoms with Gasteiger partial charge in [0, 0.05) is 17.1 Å². The minimum absolute atomic E-state index is 0.0442. The minimum Gasteiger partial charge on any atom is -0.295 e. The average molecular weight is 284 g/mol. The molecule has 2 rings (SSSR count). The number of benzene rings is 1. The average Bonchev–Trinajstić information content (AvgIpc) is 2.81. The first-order chi connectivity index (χ1) is 8.49. The summed E-state index contributed by atoms with van der Waals surface area (Å²) in [7, 11) is -3.72. The van der Waals surface area contributed by atoms with Gasteiger partial charge in [-0.25, -0.2) is 8.42 Å². The summed E-state index contributed by atoms with van der Waals surface area (Å²) < 4.78 is 29.5. The Labute approximate surface area is 107 Å². The molecule has 0 aliphatic heterocycles. The van der Waals surface area contributed by atoms with Gasteiger partial charge in [-0.15, -0.1) is 0 Å². The van der Waals surface area contributed by atoms with Crippen molar-refractivity contribution in [3.8, 4) is 0 Å². The van der Waals surface area contributed by atoms with Crippen LogP contribution >= 0.6 is 11.5 Å². The first-order valence-corrected chi connectivity index (χ1v) is 7.03. The number of aromatic nitrogens is 3. The highest BCUT2D eigenvalue weighted by Crippen LogP contribution is 2.16. The van der Waals surface area contributed by atoms with Gasteiger partial charge in [-0.1, -0.05) is 21.7 Å². The number of sulfonamides is 1. The molecule has 0 unspecified atom stereocenters. The Morgan fingerprint density at radius 3 is 2.44 bits per heavy atom. The van der Waals surface area contributed by atoms with Crippen LogP contribution in [0.25, 0.3) is 0 Å². The van der Waals surface area contributed by atoms with E-state index in [9.17, 15) is 13.2 Å². The van der Waals surface area contributed by atoms with E-state index < -0.39 is 10.0 Å². The third-order valence-electron chi connectivity index (χ3n) is 2.09. The summed E-state index contributed by atoms with van der Waals surface area (Å²) in [6, 6.07) is 5.62. The standard InChI is InChI=1S/C9H8N4O3S2/c1-6(14)7-2-4-8(5-3-7)18(15,16)11-9-10-12-13-17-9/h2-5H,1H3,(H,10,11,13). The lowest BCUT2D eigenvalue weighted by atomic mass is 10.2. The van der Waals surface area contributed by atoms with Crippen LogP contribution in [0.1, 0.15) is 17.3 Å². The zero-order valence-corrected chi connectivity index (χ0v) is 10.8. The lowest BCUT2D eigenvalue weighted by Gasteiger charge is -2.04. The Hall–Kier alpha value is -1.87. The summed E-state index contributed by atoms with van der Waals surface area (Å²) >= 11 is 0.836. The van der Waals surface area contributed by atoms with Gasteiger partial charge in [0.2, 0.25) is 5.13 Å². The van der Waals surface area contributed by atoms with Crippen molar-refractivity contribution in [3.05, 3.63) is 29.8 Å². The topological polar surface area (TPSA) is 102 Å².